The lowest BCUT2D eigenvalue weighted by molar-refractivity contribution is 0.255. The van der Waals surface area contributed by atoms with Crippen molar-refractivity contribution in [1.29, 1.82) is 0 Å². The Bertz CT molecular complexity index is 618. The third-order valence-electron chi connectivity index (χ3n) is 3.05. The predicted octanol–water partition coefficient (Wildman–Crippen LogP) is 4.10. The van der Waals surface area contributed by atoms with Crippen LogP contribution in [0.15, 0.2) is 54.7 Å². The number of aryl methyl sites for hydroxylation is 2. The summed E-state index contributed by atoms with van der Waals surface area (Å²) in [5.74, 6) is 0. The smallest absolute Gasteiger partial charge is 0.314 e. The predicted molar refractivity (Wildman–Crippen MR) is 83.5 cm³/mol. The minimum absolute atomic E-state index is 0.250. The van der Waals surface area contributed by atoms with Crippen LogP contribution in [-0.4, -0.2) is 6.03 Å². The molecule has 0 saturated carbocycles. The molecule has 2 aromatic carbocycles. The highest BCUT2D eigenvalue weighted by Crippen LogP contribution is 2.13. The zero-order valence-electron chi connectivity index (χ0n) is 11.7. The first-order chi connectivity index (χ1) is 9.65. The van der Waals surface area contributed by atoms with Gasteiger partial charge in [0.2, 0.25) is 0 Å². The van der Waals surface area contributed by atoms with E-state index in [-0.39, 0.29) is 6.03 Å². The van der Waals surface area contributed by atoms with Crippen molar-refractivity contribution in [3.05, 3.63) is 71.4 Å². The van der Waals surface area contributed by atoms with Crippen LogP contribution >= 0.6 is 0 Å². The van der Waals surface area contributed by atoms with Crippen LogP contribution in [0.3, 0.4) is 0 Å². The number of amides is 2. The Hall–Kier alpha value is -2.55. The summed E-state index contributed by atoms with van der Waals surface area (Å²) in [5, 5.41) is 5.48. The van der Waals surface area contributed by atoms with Gasteiger partial charge in [-0.05, 0) is 48.7 Å². The lowest BCUT2D eigenvalue weighted by Crippen LogP contribution is -2.23. The Morgan fingerprint density at radius 3 is 2.45 bits per heavy atom. The van der Waals surface area contributed by atoms with Crippen LogP contribution in [0.5, 0.6) is 0 Å². The second-order valence-electron chi connectivity index (χ2n) is 4.64. The fraction of sp³-hybridized carbons (Fsp3) is 0.118. The number of rotatable bonds is 3. The zero-order chi connectivity index (χ0) is 14.4. The quantitative estimate of drug-likeness (QED) is 0.863. The lowest BCUT2D eigenvalue weighted by atomic mass is 10.1. The molecule has 0 unspecified atom stereocenters. The van der Waals surface area contributed by atoms with Gasteiger partial charge in [0.25, 0.3) is 0 Å². The third kappa shape index (κ3) is 3.99. The monoisotopic (exact) mass is 266 g/mol. The molecule has 2 N–H and O–H groups in total. The molecule has 0 aromatic heterocycles. The minimum atomic E-state index is -0.250. The summed E-state index contributed by atoms with van der Waals surface area (Å²) < 4.78 is 0. The molecule has 0 aliphatic heterocycles. The van der Waals surface area contributed by atoms with Crippen molar-refractivity contribution in [3.63, 3.8) is 0 Å². The molecule has 0 spiro atoms. The molecular formula is C17H18N2O. The number of carbonyl (C=O) groups is 1. The summed E-state index contributed by atoms with van der Waals surface area (Å²) in [6.07, 6.45) is 3.48. The molecule has 20 heavy (non-hydrogen) atoms. The number of anilines is 1. The van der Waals surface area contributed by atoms with Gasteiger partial charge in [-0.15, -0.1) is 0 Å². The lowest BCUT2D eigenvalue weighted by Gasteiger charge is -2.07. The maximum Gasteiger partial charge on any atom is 0.323 e. The van der Waals surface area contributed by atoms with Gasteiger partial charge in [0.1, 0.15) is 0 Å². The van der Waals surface area contributed by atoms with E-state index in [0.29, 0.717) is 0 Å². The number of nitrogens with one attached hydrogen (secondary N) is 2. The summed E-state index contributed by atoms with van der Waals surface area (Å²) in [5.41, 5.74) is 4.19. The molecule has 0 aliphatic carbocycles. The molecule has 0 atom stereocenters. The summed E-state index contributed by atoms with van der Waals surface area (Å²) in [7, 11) is 0. The molecule has 3 heteroatoms. The third-order valence-corrected chi connectivity index (χ3v) is 3.05. The Balaban J connectivity index is 1.89. The van der Waals surface area contributed by atoms with E-state index in [1.807, 2.05) is 68.5 Å². The van der Waals surface area contributed by atoms with Crippen LogP contribution in [0, 0.1) is 13.8 Å². The van der Waals surface area contributed by atoms with Crippen LogP contribution in [0.2, 0.25) is 0 Å². The molecule has 0 bridgehead atoms. The first-order valence-electron chi connectivity index (χ1n) is 6.51. The number of hydrogen-bond donors (Lipinski definition) is 2. The first-order valence-corrected chi connectivity index (χ1v) is 6.51. The van der Waals surface area contributed by atoms with Crippen LogP contribution in [0.1, 0.15) is 16.7 Å². The average Bonchev–Trinajstić information content (AvgIpc) is 2.44. The van der Waals surface area contributed by atoms with Gasteiger partial charge in [0, 0.05) is 11.9 Å². The molecule has 0 fully saturated rings. The molecule has 0 radical (unpaired) electrons. The second kappa shape index (κ2) is 6.57. The van der Waals surface area contributed by atoms with E-state index in [1.54, 1.807) is 6.20 Å². The van der Waals surface area contributed by atoms with E-state index < -0.39 is 0 Å². The Morgan fingerprint density at radius 2 is 1.75 bits per heavy atom. The summed E-state index contributed by atoms with van der Waals surface area (Å²) in [4.78, 5) is 11.7. The molecular weight excluding hydrogens is 248 g/mol. The van der Waals surface area contributed by atoms with Crippen molar-refractivity contribution >= 4 is 17.8 Å². The van der Waals surface area contributed by atoms with Crippen molar-refractivity contribution in [2.75, 3.05) is 5.32 Å². The fourth-order valence-electron chi connectivity index (χ4n) is 1.76. The van der Waals surface area contributed by atoms with Crippen molar-refractivity contribution in [1.82, 2.24) is 5.32 Å². The van der Waals surface area contributed by atoms with Gasteiger partial charge >= 0.3 is 6.03 Å². The Kier molecular flexibility index (Phi) is 4.56. The maximum absolute atomic E-state index is 11.7. The normalized spacial score (nSPS) is 10.5. The second-order valence-corrected chi connectivity index (χ2v) is 4.64. The highest BCUT2D eigenvalue weighted by Gasteiger charge is 2.00. The highest BCUT2D eigenvalue weighted by molar-refractivity contribution is 5.90. The largest absolute Gasteiger partial charge is 0.323 e. The van der Waals surface area contributed by atoms with E-state index >= 15 is 0 Å². The maximum atomic E-state index is 11.7. The molecule has 0 heterocycles. The topological polar surface area (TPSA) is 41.1 Å². The van der Waals surface area contributed by atoms with Gasteiger partial charge in [0.05, 0.1) is 0 Å². The number of hydrogen-bond acceptors (Lipinski definition) is 1. The number of carbonyl (C=O) groups excluding carboxylic acids is 1. The highest BCUT2D eigenvalue weighted by atomic mass is 16.2. The van der Waals surface area contributed by atoms with Crippen molar-refractivity contribution in [2.45, 2.75) is 13.8 Å². The van der Waals surface area contributed by atoms with E-state index in [9.17, 15) is 4.79 Å². The van der Waals surface area contributed by atoms with Crippen molar-refractivity contribution in [2.24, 2.45) is 0 Å². The molecule has 2 aromatic rings. The fourth-order valence-corrected chi connectivity index (χ4v) is 1.76. The summed E-state index contributed by atoms with van der Waals surface area (Å²) in [6, 6.07) is 15.4. The molecule has 2 amide bonds. The minimum Gasteiger partial charge on any atom is -0.314 e. The van der Waals surface area contributed by atoms with Gasteiger partial charge in [-0.1, -0.05) is 36.4 Å². The molecule has 2 rings (SSSR count). The standard InChI is InChI=1S/C17H18N2O/c1-13-8-9-16(12-14(13)2)19-17(20)18-11-10-15-6-4-3-5-7-15/h3-12H,1-2H3,(H2,18,19,20)/b11-10+. The van der Waals surface area contributed by atoms with Crippen molar-refractivity contribution in [3.8, 4) is 0 Å². The Morgan fingerprint density at radius 1 is 1.00 bits per heavy atom. The van der Waals surface area contributed by atoms with E-state index in [0.717, 1.165) is 16.8 Å². The molecule has 0 saturated heterocycles. The van der Waals surface area contributed by atoms with Gasteiger partial charge in [-0.3, -0.25) is 0 Å². The summed E-state index contributed by atoms with van der Waals surface area (Å²) >= 11 is 0. The molecule has 102 valence electrons. The number of benzene rings is 2. The van der Waals surface area contributed by atoms with Crippen molar-refractivity contribution < 1.29 is 4.79 Å². The van der Waals surface area contributed by atoms with Gasteiger partial charge < -0.3 is 10.6 Å². The average molecular weight is 266 g/mol. The summed E-state index contributed by atoms with van der Waals surface area (Å²) in [6.45, 7) is 4.06. The van der Waals surface area contributed by atoms with Gasteiger partial charge in [-0.25, -0.2) is 4.79 Å². The molecule has 3 nitrogen and oxygen atoms in total. The van der Waals surface area contributed by atoms with Crippen LogP contribution in [0.25, 0.3) is 6.08 Å². The zero-order valence-corrected chi connectivity index (χ0v) is 11.7. The van der Waals surface area contributed by atoms with Crippen LogP contribution < -0.4 is 10.6 Å². The van der Waals surface area contributed by atoms with E-state index in [4.69, 9.17) is 0 Å². The molecule has 0 aliphatic rings. The number of urea groups is 1. The van der Waals surface area contributed by atoms with Crippen LogP contribution in [0.4, 0.5) is 10.5 Å². The Labute approximate surface area is 119 Å². The SMILES string of the molecule is Cc1ccc(NC(=O)N/C=C/c2ccccc2)cc1C. The van der Waals surface area contributed by atoms with Gasteiger partial charge in [-0.2, -0.15) is 0 Å². The first kappa shape index (κ1) is 13.9. The van der Waals surface area contributed by atoms with Crippen LogP contribution in [-0.2, 0) is 0 Å². The van der Waals surface area contributed by atoms with Gasteiger partial charge in [0.15, 0.2) is 0 Å². The van der Waals surface area contributed by atoms with E-state index in [1.165, 1.54) is 5.56 Å². The van der Waals surface area contributed by atoms with E-state index in [2.05, 4.69) is 10.6 Å².